The fraction of sp³-hybridized carbons (Fsp3) is 0.320. The van der Waals surface area contributed by atoms with E-state index in [9.17, 15) is 19.2 Å². The van der Waals surface area contributed by atoms with Gasteiger partial charge in [0.2, 0.25) is 11.8 Å². The van der Waals surface area contributed by atoms with Gasteiger partial charge in [-0.2, -0.15) is 0 Å². The molecule has 11 nitrogen and oxygen atoms in total. The number of benzene rings is 1. The molecule has 36 heavy (non-hydrogen) atoms. The molecule has 1 N–H and O–H groups in total. The zero-order valence-corrected chi connectivity index (χ0v) is 19.5. The molecule has 3 aromatic rings. The summed E-state index contributed by atoms with van der Waals surface area (Å²) in [6.07, 6.45) is 7.30. The maximum absolute atomic E-state index is 13.2. The molecule has 4 amide bonds. The topological polar surface area (TPSA) is 130 Å². The molecule has 1 atom stereocenters. The predicted molar refractivity (Wildman–Crippen MR) is 125 cm³/mol. The summed E-state index contributed by atoms with van der Waals surface area (Å²) in [5.41, 5.74) is 2.74. The molecule has 2 fully saturated rings. The van der Waals surface area contributed by atoms with Gasteiger partial charge in [-0.3, -0.25) is 29.5 Å². The van der Waals surface area contributed by atoms with E-state index < -0.39 is 11.9 Å². The second-order valence-electron chi connectivity index (χ2n) is 9.43. The van der Waals surface area contributed by atoms with E-state index in [1.165, 1.54) is 9.58 Å². The van der Waals surface area contributed by atoms with Gasteiger partial charge in [0.1, 0.15) is 6.04 Å². The van der Waals surface area contributed by atoms with Gasteiger partial charge in [-0.15, -0.1) is 5.10 Å². The molecule has 182 valence electrons. The van der Waals surface area contributed by atoms with E-state index in [0.29, 0.717) is 17.7 Å². The number of piperidine rings is 1. The summed E-state index contributed by atoms with van der Waals surface area (Å²) in [6, 6.07) is 8.40. The van der Waals surface area contributed by atoms with Crippen LogP contribution in [0.3, 0.4) is 0 Å². The number of rotatable bonds is 5. The third-order valence-corrected chi connectivity index (χ3v) is 7.35. The Kier molecular flexibility index (Phi) is 4.95. The van der Waals surface area contributed by atoms with E-state index in [4.69, 9.17) is 0 Å². The maximum Gasteiger partial charge on any atom is 0.276 e. The van der Waals surface area contributed by atoms with Gasteiger partial charge in [0, 0.05) is 38.0 Å². The second kappa shape index (κ2) is 8.08. The van der Waals surface area contributed by atoms with Crippen molar-refractivity contribution in [2.75, 3.05) is 7.05 Å². The molecule has 4 heterocycles. The largest absolute Gasteiger partial charge is 0.330 e. The monoisotopic (exact) mass is 485 g/mol. The molecule has 1 aliphatic carbocycles. The SMILES string of the molecule is CN(C(=O)c1cn(-c2ccc3c(c2)CN(C2CCC(=O)NC2=O)C3=O)nn1)C1(c2cccnc2)CC1. The van der Waals surface area contributed by atoms with E-state index >= 15 is 0 Å². The average Bonchev–Trinajstić information content (AvgIpc) is 3.44. The normalized spacial score (nSPS) is 20.2. The molecule has 6 rings (SSSR count). The lowest BCUT2D eigenvalue weighted by molar-refractivity contribution is -0.136. The number of hydrogen-bond acceptors (Lipinski definition) is 7. The summed E-state index contributed by atoms with van der Waals surface area (Å²) in [6.45, 7) is 0.255. The van der Waals surface area contributed by atoms with E-state index in [2.05, 4.69) is 20.6 Å². The number of nitrogens with one attached hydrogen (secondary N) is 1. The number of carbonyl (C=O) groups is 4. The lowest BCUT2D eigenvalue weighted by atomic mass is 10.0. The van der Waals surface area contributed by atoms with Crippen molar-refractivity contribution in [3.05, 3.63) is 71.3 Å². The van der Waals surface area contributed by atoms with Crippen molar-refractivity contribution in [2.24, 2.45) is 0 Å². The molecule has 1 saturated heterocycles. The fourth-order valence-electron chi connectivity index (χ4n) is 5.13. The third kappa shape index (κ3) is 3.46. The molecule has 1 aromatic carbocycles. The van der Waals surface area contributed by atoms with Gasteiger partial charge in [-0.25, -0.2) is 4.68 Å². The van der Waals surface area contributed by atoms with E-state index in [-0.39, 0.29) is 41.9 Å². The van der Waals surface area contributed by atoms with Gasteiger partial charge in [-0.05, 0) is 54.7 Å². The maximum atomic E-state index is 13.2. The molecule has 1 unspecified atom stereocenters. The number of hydrogen-bond donors (Lipinski definition) is 1. The van der Waals surface area contributed by atoms with Crippen molar-refractivity contribution >= 4 is 23.6 Å². The predicted octanol–water partition coefficient (Wildman–Crippen LogP) is 1.18. The first-order chi connectivity index (χ1) is 17.4. The summed E-state index contributed by atoms with van der Waals surface area (Å²) in [4.78, 5) is 57.3. The minimum Gasteiger partial charge on any atom is -0.330 e. The Labute approximate surface area is 206 Å². The van der Waals surface area contributed by atoms with Crippen LogP contribution < -0.4 is 5.32 Å². The molecule has 0 spiro atoms. The van der Waals surface area contributed by atoms with Crippen LogP contribution in [0.15, 0.2) is 48.9 Å². The van der Waals surface area contributed by atoms with Crippen molar-refractivity contribution in [3.63, 3.8) is 0 Å². The highest BCUT2D eigenvalue weighted by Gasteiger charge is 2.50. The second-order valence-corrected chi connectivity index (χ2v) is 9.43. The summed E-state index contributed by atoms with van der Waals surface area (Å²) in [7, 11) is 1.77. The van der Waals surface area contributed by atoms with Crippen LogP contribution in [0.2, 0.25) is 0 Å². The van der Waals surface area contributed by atoms with Gasteiger partial charge in [-0.1, -0.05) is 11.3 Å². The first-order valence-corrected chi connectivity index (χ1v) is 11.8. The fourth-order valence-corrected chi connectivity index (χ4v) is 5.13. The molecule has 0 bridgehead atoms. The number of imide groups is 1. The van der Waals surface area contributed by atoms with E-state index in [1.54, 1.807) is 42.7 Å². The summed E-state index contributed by atoms with van der Waals surface area (Å²) in [5.74, 6) is -1.25. The Morgan fingerprint density at radius 2 is 2.03 bits per heavy atom. The van der Waals surface area contributed by atoms with Crippen LogP contribution in [0.25, 0.3) is 5.69 Å². The zero-order chi connectivity index (χ0) is 25.0. The van der Waals surface area contributed by atoms with Crippen LogP contribution in [-0.2, 0) is 21.7 Å². The Bertz CT molecular complexity index is 1410. The highest BCUT2D eigenvalue weighted by atomic mass is 16.2. The Balaban J connectivity index is 1.21. The average molecular weight is 486 g/mol. The van der Waals surface area contributed by atoms with Crippen molar-refractivity contribution < 1.29 is 19.2 Å². The van der Waals surface area contributed by atoms with Crippen molar-refractivity contribution in [3.8, 4) is 5.69 Å². The molecule has 3 aliphatic rings. The van der Waals surface area contributed by atoms with Gasteiger partial charge in [0.15, 0.2) is 5.69 Å². The van der Waals surface area contributed by atoms with Crippen LogP contribution >= 0.6 is 0 Å². The van der Waals surface area contributed by atoms with E-state index in [1.807, 2.05) is 18.2 Å². The Morgan fingerprint density at radius 3 is 2.75 bits per heavy atom. The number of amides is 4. The highest BCUT2D eigenvalue weighted by molar-refractivity contribution is 6.05. The summed E-state index contributed by atoms with van der Waals surface area (Å²) in [5, 5.41) is 10.6. The number of aromatic nitrogens is 4. The lowest BCUT2D eigenvalue weighted by Crippen LogP contribution is -2.52. The van der Waals surface area contributed by atoms with Crippen molar-refractivity contribution in [1.82, 2.24) is 35.1 Å². The minimum atomic E-state index is -0.674. The van der Waals surface area contributed by atoms with E-state index in [0.717, 1.165) is 24.0 Å². The molecule has 2 aromatic heterocycles. The number of nitrogens with zero attached hydrogens (tertiary/aromatic N) is 6. The lowest BCUT2D eigenvalue weighted by Gasteiger charge is -2.29. The number of pyridine rings is 1. The van der Waals surface area contributed by atoms with Gasteiger partial charge in [0.25, 0.3) is 11.8 Å². The van der Waals surface area contributed by atoms with Crippen LogP contribution in [-0.4, -0.2) is 66.5 Å². The van der Waals surface area contributed by atoms with Crippen LogP contribution in [0.1, 0.15) is 57.7 Å². The Morgan fingerprint density at radius 1 is 1.19 bits per heavy atom. The number of fused-ring (bicyclic) bond motifs is 1. The summed E-state index contributed by atoms with van der Waals surface area (Å²) >= 11 is 0. The van der Waals surface area contributed by atoms with Crippen LogP contribution in [0.4, 0.5) is 0 Å². The molecule has 0 radical (unpaired) electrons. The standard InChI is InChI=1S/C25H23N7O4/c1-30(25(8-9-25)16-3-2-10-26-12-16)24(36)19-14-32(29-28-19)17-4-5-18-15(11-17)13-31(23(18)35)20-6-7-21(33)27-22(20)34/h2-5,10-12,14,20H,6-9,13H2,1H3,(H,27,33,34). The molecule has 2 aliphatic heterocycles. The van der Waals surface area contributed by atoms with Gasteiger partial charge in [0.05, 0.1) is 17.4 Å². The molecular formula is C25H23N7O4. The quantitative estimate of drug-likeness (QED) is 0.537. The van der Waals surface area contributed by atoms with Crippen LogP contribution in [0.5, 0.6) is 0 Å². The molecule has 1 saturated carbocycles. The van der Waals surface area contributed by atoms with Crippen molar-refractivity contribution in [2.45, 2.75) is 43.8 Å². The first-order valence-electron chi connectivity index (χ1n) is 11.8. The Hall–Kier alpha value is -4.41. The molecular weight excluding hydrogens is 462 g/mol. The minimum absolute atomic E-state index is 0.202. The highest BCUT2D eigenvalue weighted by Crippen LogP contribution is 2.50. The van der Waals surface area contributed by atoms with Crippen molar-refractivity contribution in [1.29, 1.82) is 0 Å². The van der Waals surface area contributed by atoms with Gasteiger partial charge >= 0.3 is 0 Å². The first kappa shape index (κ1) is 22.1. The smallest absolute Gasteiger partial charge is 0.276 e. The third-order valence-electron chi connectivity index (χ3n) is 7.35. The summed E-state index contributed by atoms with van der Waals surface area (Å²) < 4.78 is 1.50. The molecule has 11 heteroatoms. The number of carbonyl (C=O) groups excluding carboxylic acids is 4. The zero-order valence-electron chi connectivity index (χ0n) is 19.5. The van der Waals surface area contributed by atoms with Gasteiger partial charge < -0.3 is 9.80 Å². The van der Waals surface area contributed by atoms with Crippen LogP contribution in [0, 0.1) is 0 Å².